The highest BCUT2D eigenvalue weighted by molar-refractivity contribution is 6.27. The van der Waals surface area contributed by atoms with Gasteiger partial charge in [-0.1, -0.05) is 36.4 Å². The van der Waals surface area contributed by atoms with E-state index in [0.717, 1.165) is 6.54 Å². The number of benzene rings is 1. The number of hydrogen-bond donors (Lipinski definition) is 2. The highest BCUT2D eigenvalue weighted by Crippen LogP contribution is 2.23. The molecule has 0 atom stereocenters. The molecule has 0 spiro atoms. The Morgan fingerprint density at radius 1 is 0.923 bits per heavy atom. The first-order chi connectivity index (χ1) is 12.6. The summed E-state index contributed by atoms with van der Waals surface area (Å²) in [7, 11) is 0. The van der Waals surface area contributed by atoms with Crippen LogP contribution in [0.25, 0.3) is 5.57 Å². The third-order valence-electron chi connectivity index (χ3n) is 4.01. The molecule has 26 heavy (non-hydrogen) atoms. The van der Waals surface area contributed by atoms with E-state index in [1.165, 1.54) is 42.6 Å². The molecule has 2 heterocycles. The number of rotatable bonds is 4. The van der Waals surface area contributed by atoms with Crippen molar-refractivity contribution in [2.45, 2.75) is 12.8 Å². The molecule has 3 rings (SSSR count). The Balaban J connectivity index is 0.000000352. The van der Waals surface area contributed by atoms with Crippen molar-refractivity contribution >= 4 is 17.5 Å². The molecule has 1 saturated heterocycles. The first kappa shape index (κ1) is 19.3. The molecule has 0 bridgehead atoms. The Bertz CT molecular complexity index is 685. The van der Waals surface area contributed by atoms with Crippen LogP contribution < -0.4 is 0 Å². The van der Waals surface area contributed by atoms with E-state index in [4.69, 9.17) is 19.8 Å². The number of aromatic nitrogens is 1. The zero-order valence-electron chi connectivity index (χ0n) is 14.4. The summed E-state index contributed by atoms with van der Waals surface area (Å²) in [5.41, 5.74) is 3.82. The zero-order valence-corrected chi connectivity index (χ0v) is 14.4. The van der Waals surface area contributed by atoms with Crippen LogP contribution in [-0.4, -0.2) is 51.7 Å². The Labute approximate surface area is 152 Å². The molecular formula is C20H22N2O4. The minimum absolute atomic E-state index is 1.03. The average Bonchev–Trinajstić information content (AvgIpc) is 3.18. The van der Waals surface area contributed by atoms with Crippen molar-refractivity contribution in [2.75, 3.05) is 19.6 Å². The molecule has 2 N–H and O–H groups in total. The summed E-state index contributed by atoms with van der Waals surface area (Å²) < 4.78 is 0. The maximum atomic E-state index is 9.10. The molecule has 6 heteroatoms. The van der Waals surface area contributed by atoms with E-state index in [1.807, 2.05) is 12.4 Å². The van der Waals surface area contributed by atoms with Crippen LogP contribution >= 0.6 is 0 Å². The van der Waals surface area contributed by atoms with Crippen molar-refractivity contribution in [3.05, 3.63) is 72.1 Å². The van der Waals surface area contributed by atoms with Gasteiger partial charge in [0, 0.05) is 18.9 Å². The van der Waals surface area contributed by atoms with Crippen LogP contribution in [0.15, 0.2) is 60.9 Å². The van der Waals surface area contributed by atoms with E-state index < -0.39 is 11.9 Å². The van der Waals surface area contributed by atoms with Gasteiger partial charge in [0.25, 0.3) is 0 Å². The maximum absolute atomic E-state index is 9.10. The second-order valence-corrected chi connectivity index (χ2v) is 5.84. The van der Waals surface area contributed by atoms with Crippen LogP contribution in [0.1, 0.15) is 24.0 Å². The molecule has 1 fully saturated rings. The molecule has 0 amide bonds. The molecule has 0 unspecified atom stereocenters. The molecule has 1 aromatic carbocycles. The Morgan fingerprint density at radius 2 is 1.46 bits per heavy atom. The van der Waals surface area contributed by atoms with Crippen LogP contribution in [0.4, 0.5) is 0 Å². The fraction of sp³-hybridized carbons (Fsp3) is 0.250. The van der Waals surface area contributed by atoms with Gasteiger partial charge in [-0.05, 0) is 54.8 Å². The first-order valence-electron chi connectivity index (χ1n) is 8.42. The first-order valence-corrected chi connectivity index (χ1v) is 8.42. The molecule has 0 aliphatic carbocycles. The third kappa shape index (κ3) is 6.14. The van der Waals surface area contributed by atoms with Gasteiger partial charge in [0.15, 0.2) is 0 Å². The van der Waals surface area contributed by atoms with Crippen LogP contribution in [0, 0.1) is 0 Å². The smallest absolute Gasteiger partial charge is 0.414 e. The molecule has 1 aliphatic heterocycles. The van der Waals surface area contributed by atoms with Crippen molar-refractivity contribution in [3.63, 3.8) is 0 Å². The van der Waals surface area contributed by atoms with Gasteiger partial charge in [0.1, 0.15) is 0 Å². The number of carboxylic acid groups (broad SMARTS) is 2. The fourth-order valence-corrected chi connectivity index (χ4v) is 2.74. The molecule has 1 aromatic heterocycles. The number of likely N-dealkylation sites (tertiary alicyclic amines) is 1. The fourth-order valence-electron chi connectivity index (χ4n) is 2.74. The number of hydrogen-bond acceptors (Lipinski definition) is 4. The van der Waals surface area contributed by atoms with E-state index in [2.05, 4.69) is 58.4 Å². The number of carboxylic acids is 2. The second-order valence-electron chi connectivity index (χ2n) is 5.84. The maximum Gasteiger partial charge on any atom is 0.414 e. The van der Waals surface area contributed by atoms with Gasteiger partial charge in [-0.2, -0.15) is 0 Å². The van der Waals surface area contributed by atoms with Crippen LogP contribution in [0.2, 0.25) is 0 Å². The normalized spacial score (nSPS) is 14.4. The number of pyridine rings is 1. The van der Waals surface area contributed by atoms with Gasteiger partial charge in [0.2, 0.25) is 0 Å². The largest absolute Gasteiger partial charge is 0.473 e. The topological polar surface area (TPSA) is 90.7 Å². The average molecular weight is 354 g/mol. The van der Waals surface area contributed by atoms with Crippen LogP contribution in [0.5, 0.6) is 0 Å². The number of nitrogens with zero attached hydrogens (tertiary/aromatic N) is 2. The quantitative estimate of drug-likeness (QED) is 0.821. The van der Waals surface area contributed by atoms with Crippen molar-refractivity contribution in [1.82, 2.24) is 9.88 Å². The summed E-state index contributed by atoms with van der Waals surface area (Å²) in [6.45, 7) is 3.50. The summed E-state index contributed by atoms with van der Waals surface area (Å²) in [4.78, 5) is 24.8. The van der Waals surface area contributed by atoms with E-state index in [-0.39, 0.29) is 0 Å². The molecule has 6 nitrogen and oxygen atoms in total. The lowest BCUT2D eigenvalue weighted by Gasteiger charge is -2.14. The minimum atomic E-state index is -1.82. The monoisotopic (exact) mass is 354 g/mol. The van der Waals surface area contributed by atoms with Crippen molar-refractivity contribution in [1.29, 1.82) is 0 Å². The highest BCUT2D eigenvalue weighted by atomic mass is 16.4. The SMILES string of the molecule is C(/CN1CCCC1)=C(\c1ccccc1)c1ccncc1.O=C(O)C(=O)O. The molecule has 136 valence electrons. The predicted octanol–water partition coefficient (Wildman–Crippen LogP) is 2.76. The van der Waals surface area contributed by atoms with E-state index >= 15 is 0 Å². The molecule has 2 aromatic rings. The van der Waals surface area contributed by atoms with E-state index in [1.54, 1.807) is 0 Å². The second kappa shape index (κ2) is 10.1. The van der Waals surface area contributed by atoms with Crippen LogP contribution in [-0.2, 0) is 9.59 Å². The van der Waals surface area contributed by atoms with Crippen molar-refractivity contribution < 1.29 is 19.8 Å². The Kier molecular flexibility index (Phi) is 7.51. The standard InChI is InChI=1S/C18H20N2.C2H2O4/c1-2-6-16(7-3-1)18(17-8-11-19-12-9-17)10-15-20-13-4-5-14-20;3-1(4)2(5)6/h1-3,6-12H,4-5,13-15H2;(H,3,4)(H,5,6)/b18-10-;. The van der Waals surface area contributed by atoms with Gasteiger partial charge in [-0.15, -0.1) is 0 Å². The van der Waals surface area contributed by atoms with Crippen molar-refractivity contribution in [3.8, 4) is 0 Å². The van der Waals surface area contributed by atoms with E-state index in [0.29, 0.717) is 0 Å². The molecule has 0 radical (unpaired) electrons. The Morgan fingerprint density at radius 3 is 2.00 bits per heavy atom. The highest BCUT2D eigenvalue weighted by Gasteiger charge is 2.11. The van der Waals surface area contributed by atoms with Crippen molar-refractivity contribution in [2.24, 2.45) is 0 Å². The Hall–Kier alpha value is -2.99. The predicted molar refractivity (Wildman–Crippen MR) is 98.7 cm³/mol. The molecule has 1 aliphatic rings. The minimum Gasteiger partial charge on any atom is -0.473 e. The van der Waals surface area contributed by atoms with Gasteiger partial charge in [-0.25, -0.2) is 9.59 Å². The van der Waals surface area contributed by atoms with Gasteiger partial charge in [0.05, 0.1) is 0 Å². The summed E-state index contributed by atoms with van der Waals surface area (Å²) in [6, 6.07) is 14.8. The summed E-state index contributed by atoms with van der Waals surface area (Å²) >= 11 is 0. The van der Waals surface area contributed by atoms with Gasteiger partial charge >= 0.3 is 11.9 Å². The molecular weight excluding hydrogens is 332 g/mol. The summed E-state index contributed by atoms with van der Waals surface area (Å²) in [5.74, 6) is -3.65. The van der Waals surface area contributed by atoms with Gasteiger partial charge in [-0.3, -0.25) is 9.88 Å². The third-order valence-corrected chi connectivity index (χ3v) is 4.01. The lowest BCUT2D eigenvalue weighted by molar-refractivity contribution is -0.159. The zero-order chi connectivity index (χ0) is 18.8. The van der Waals surface area contributed by atoms with E-state index in [9.17, 15) is 0 Å². The summed E-state index contributed by atoms with van der Waals surface area (Å²) in [5, 5.41) is 14.8. The number of aliphatic carboxylic acids is 2. The number of carbonyl (C=O) groups is 2. The lowest BCUT2D eigenvalue weighted by Crippen LogP contribution is -2.19. The summed E-state index contributed by atoms with van der Waals surface area (Å²) in [6.07, 6.45) is 8.76. The molecule has 0 saturated carbocycles. The van der Waals surface area contributed by atoms with Gasteiger partial charge < -0.3 is 10.2 Å². The lowest BCUT2D eigenvalue weighted by atomic mass is 9.98. The van der Waals surface area contributed by atoms with Crippen LogP contribution in [0.3, 0.4) is 0 Å².